The van der Waals surface area contributed by atoms with E-state index in [-0.39, 0.29) is 83.1 Å². The van der Waals surface area contributed by atoms with Crippen LogP contribution in [-0.2, 0) is 50.2 Å². The van der Waals surface area contributed by atoms with Gasteiger partial charge in [-0.2, -0.15) is 25.3 Å². The number of rotatable bonds is 44. The average molecular weight is 2000 g/mol. The van der Waals surface area contributed by atoms with E-state index < -0.39 is 134 Å². The number of carbonyl (C=O) groups excluding carboxylic acids is 4. The van der Waals surface area contributed by atoms with E-state index >= 15 is 0 Å². The Balaban J connectivity index is 0.000000368. The Kier molecular flexibility index (Phi) is 47.9. The molecule has 48 nitrogen and oxygen atoms in total. The van der Waals surface area contributed by atoms with Crippen LogP contribution >= 0.6 is 25.3 Å². The summed E-state index contributed by atoms with van der Waals surface area (Å²) in [5.41, 5.74) is 2.10. The number of anilines is 6. The molecule has 141 heavy (non-hydrogen) atoms. The van der Waals surface area contributed by atoms with Gasteiger partial charge in [0.25, 0.3) is 45.5 Å². The number of nitro benzene ring substituents is 8. The first-order valence-corrected chi connectivity index (χ1v) is 43.9. The van der Waals surface area contributed by atoms with Gasteiger partial charge in [-0.25, -0.2) is 14.4 Å². The molecule has 754 valence electrons. The molecule has 0 saturated heterocycles. The number of hydrogen-bond donors (Lipinski definition) is 13. The van der Waals surface area contributed by atoms with Crippen molar-refractivity contribution in [2.24, 2.45) is 0 Å². The smallest absolute Gasteiger partial charge is 0.336 e. The monoisotopic (exact) mass is 2000 g/mol. The fourth-order valence-electron chi connectivity index (χ4n) is 12.9. The van der Waals surface area contributed by atoms with E-state index in [0.717, 1.165) is 58.7 Å². The molecule has 0 saturated carbocycles. The molecular weight excluding hydrogens is 1890 g/mol. The van der Waals surface area contributed by atoms with Crippen molar-refractivity contribution in [3.05, 3.63) is 312 Å². The number of carbonyl (C=O) groups is 8. The lowest BCUT2D eigenvalue weighted by molar-refractivity contribution is -0.395. The van der Waals surface area contributed by atoms with Gasteiger partial charge in [0.2, 0.25) is 23.6 Å². The fraction of sp³-hybridized carbons (Fsp3) is 0.319. The van der Waals surface area contributed by atoms with E-state index in [9.17, 15) is 124 Å². The van der Waals surface area contributed by atoms with Crippen LogP contribution in [0.5, 0.6) is 5.75 Å². The van der Waals surface area contributed by atoms with Crippen LogP contribution in [-0.4, -0.2) is 207 Å². The molecule has 9 aromatic rings. The van der Waals surface area contributed by atoms with Crippen molar-refractivity contribution in [2.45, 2.75) is 91.9 Å². The van der Waals surface area contributed by atoms with Gasteiger partial charge in [0, 0.05) is 219 Å². The standard InChI is InChI=1S/C28H30N6O8.C16H19N3O2.C15H18N4O8S.C13H18N2O5.C10H14N2O2S.C9H10N2O4/c1-31(2)20-9-5-17(6-10-20)15-29-26(35)25(27(36)30-16-18-7-11-21(12-8-18)32(3)4)24-22(33(39)40)13-19(28(37)38)14-23(24)34(41)42;1-12-4-5-13(16(10-12)19(20)21)11-17-14-6-8-15(9-7-14)18(2)3;1-2-3-16-13(20)12(14(21)17-4-5-28)11-9(18(24)25)6-8(15(22)23)7-10(11)19(26)27;1-3-7-14(8-6-13(16)17)11-9-10(15(18)19)4-5-12(11)20-2;1-8-2-3-9(7-11-4-5-15)10(6-8)12(13)14;1-2-10-7-3-6(9(12)13)4-8(5-7)11(14)15/h5-14,25H,15-16H2,1-4H3,(H,29,35)(H,30,36)(H,37,38);4-10,17H,11H2,1-3H3;6-7,12,28H,2-5H2,1H3,(H,16,20)(H,17,21)(H,22,23);4-5,9H,3,6-8H2,1-2H3,(H,16,17);2-3,6,11,15H,4-5,7H2,1H3;3-5,10H,2H2,1H3,(H,12,13). The number of amides is 4. The van der Waals surface area contributed by atoms with E-state index in [2.05, 4.69) is 62.5 Å². The highest BCUT2D eigenvalue weighted by Gasteiger charge is 2.44. The first kappa shape index (κ1) is 117. The van der Waals surface area contributed by atoms with Crippen LogP contribution in [0.1, 0.15) is 127 Å². The van der Waals surface area contributed by atoms with E-state index in [1.165, 1.54) is 37.4 Å². The number of nitro groups is 8. The maximum atomic E-state index is 13.5. The molecule has 1 unspecified atom stereocenters. The molecule has 0 bridgehead atoms. The molecule has 9 aromatic carbocycles. The SMILES string of the molecule is CCCN(CCC(=O)O)c1cc([N+](=O)[O-])ccc1OC.CCCNC(=O)C(C(=O)NCCS)c1c([N+](=O)[O-])cc(C(=O)O)cc1[N+](=O)[O-].CCNc1cc(C(=O)O)cc([N+](=O)[O-])c1.CN(C)c1ccc(CNC(=O)C(C(=O)NCc2ccc(N(C)C)cc2)c2c([N+](=O)[O-])cc(C(=O)O)cc2[N+](=O)[O-])cc1.Cc1ccc(CNCCS)c([N+](=O)[O-])c1.Cc1ccc(CNc2ccc(N(C)C)cc2)c([N+](=O)[O-])c1. The van der Waals surface area contributed by atoms with Crippen LogP contribution in [0.25, 0.3) is 0 Å². The van der Waals surface area contributed by atoms with Crippen molar-refractivity contribution in [1.82, 2.24) is 26.6 Å². The number of ether oxygens (including phenoxy) is 1. The number of aromatic carboxylic acids is 3. The highest BCUT2D eigenvalue weighted by Crippen LogP contribution is 2.40. The molecule has 0 aliphatic rings. The minimum absolute atomic E-state index is 0.00824. The first-order chi connectivity index (χ1) is 66.6. The summed E-state index contributed by atoms with van der Waals surface area (Å²) in [6.45, 7) is 12.3. The zero-order valence-electron chi connectivity index (χ0n) is 78.7. The van der Waals surface area contributed by atoms with Gasteiger partial charge in [-0.1, -0.05) is 62.4 Å². The number of non-ortho nitro benzene ring substituents is 2. The molecule has 0 aliphatic heterocycles. The second-order valence-electron chi connectivity index (χ2n) is 30.8. The Morgan fingerprint density at radius 1 is 0.383 bits per heavy atom. The Hall–Kier alpha value is -16.8. The number of nitrogens with one attached hydrogen (secondary N) is 7. The molecule has 0 aliphatic carbocycles. The van der Waals surface area contributed by atoms with Crippen molar-refractivity contribution in [3.63, 3.8) is 0 Å². The van der Waals surface area contributed by atoms with Gasteiger partial charge in [-0.05, 0) is 117 Å². The molecule has 50 heteroatoms. The Labute approximate surface area is 817 Å². The first-order valence-electron chi connectivity index (χ1n) is 42.6. The predicted molar refractivity (Wildman–Crippen MR) is 532 cm³/mol. The van der Waals surface area contributed by atoms with Gasteiger partial charge < -0.3 is 82.0 Å². The van der Waals surface area contributed by atoms with Crippen molar-refractivity contribution >= 4 is 152 Å². The van der Waals surface area contributed by atoms with E-state index in [0.29, 0.717) is 96.2 Å². The van der Waals surface area contributed by atoms with Crippen LogP contribution in [0.3, 0.4) is 0 Å². The van der Waals surface area contributed by atoms with Crippen molar-refractivity contribution in [3.8, 4) is 5.75 Å². The van der Waals surface area contributed by atoms with Gasteiger partial charge in [0.15, 0.2) is 11.8 Å². The summed E-state index contributed by atoms with van der Waals surface area (Å²) in [6, 6.07) is 43.0. The minimum Gasteiger partial charge on any atom is -0.495 e. The van der Waals surface area contributed by atoms with Gasteiger partial charge in [0.1, 0.15) is 16.9 Å². The average Bonchev–Trinajstić information content (AvgIpc) is 0.772. The number of nitrogens with zero attached hydrogens (tertiary/aromatic N) is 12. The molecule has 0 heterocycles. The summed E-state index contributed by atoms with van der Waals surface area (Å²) in [5.74, 6) is -12.0. The minimum atomic E-state index is -2.05. The number of benzene rings is 9. The number of hydrogen-bond acceptors (Lipinski definition) is 34. The summed E-state index contributed by atoms with van der Waals surface area (Å²) in [4.78, 5) is 188. The molecule has 0 radical (unpaired) electrons. The van der Waals surface area contributed by atoms with Gasteiger partial charge in [-0.15, -0.1) is 0 Å². The van der Waals surface area contributed by atoms with Crippen molar-refractivity contribution < 1.29 is 103 Å². The van der Waals surface area contributed by atoms with Crippen molar-refractivity contribution in [1.29, 1.82) is 0 Å². The lowest BCUT2D eigenvalue weighted by atomic mass is 9.91. The maximum Gasteiger partial charge on any atom is 0.336 e. The third-order valence-electron chi connectivity index (χ3n) is 19.9. The normalized spacial score (nSPS) is 10.5. The summed E-state index contributed by atoms with van der Waals surface area (Å²) < 4.78 is 5.20. The lowest BCUT2D eigenvalue weighted by Gasteiger charge is -2.25. The van der Waals surface area contributed by atoms with E-state index in [1.807, 2.05) is 121 Å². The van der Waals surface area contributed by atoms with Crippen LogP contribution < -0.4 is 61.6 Å². The number of methoxy groups -OCH3 is 1. The quantitative estimate of drug-likeness (QED) is 0.00554. The summed E-state index contributed by atoms with van der Waals surface area (Å²) >= 11 is 7.96. The Morgan fingerprint density at radius 3 is 1.11 bits per heavy atom. The second kappa shape index (κ2) is 57.9. The van der Waals surface area contributed by atoms with Gasteiger partial charge >= 0.3 is 23.9 Å². The molecule has 0 fully saturated rings. The number of thiol groups is 2. The topological polar surface area (TPSA) is 669 Å². The number of carboxylic acid groups (broad SMARTS) is 4. The van der Waals surface area contributed by atoms with Crippen molar-refractivity contribution in [2.75, 3.05) is 130 Å². The van der Waals surface area contributed by atoms with Gasteiger partial charge in [0.05, 0.1) is 75.3 Å². The number of aliphatic carboxylic acids is 1. The number of carboxylic acids is 4. The second-order valence-corrected chi connectivity index (χ2v) is 31.7. The third kappa shape index (κ3) is 37.0. The van der Waals surface area contributed by atoms with Crippen LogP contribution in [0.2, 0.25) is 0 Å². The van der Waals surface area contributed by atoms with Crippen LogP contribution in [0, 0.1) is 94.8 Å². The summed E-state index contributed by atoms with van der Waals surface area (Å²) in [5, 5.41) is 145. The van der Waals surface area contributed by atoms with Crippen LogP contribution in [0.4, 0.5) is 79.6 Å². The highest BCUT2D eigenvalue weighted by atomic mass is 32.1. The van der Waals surface area contributed by atoms with E-state index in [4.69, 9.17) is 20.1 Å². The predicted octanol–water partition coefficient (Wildman–Crippen LogP) is 13.4. The van der Waals surface area contributed by atoms with E-state index in [1.54, 1.807) is 84.6 Å². The zero-order chi connectivity index (χ0) is 106. The molecule has 0 aromatic heterocycles. The van der Waals surface area contributed by atoms with Crippen LogP contribution in [0.15, 0.2) is 170 Å². The maximum absolute atomic E-state index is 13.5. The molecule has 0 spiro atoms. The molecule has 1 atom stereocenters. The van der Waals surface area contributed by atoms with Gasteiger partial charge in [-0.3, -0.25) is 105 Å². The zero-order valence-corrected chi connectivity index (χ0v) is 80.5. The lowest BCUT2D eigenvalue weighted by Crippen LogP contribution is -2.41. The molecule has 9 rings (SSSR count). The fourth-order valence-corrected chi connectivity index (χ4v) is 13.2. The molecule has 4 amide bonds. The number of aryl methyl sites for hydroxylation is 2. The Bertz CT molecular complexity index is 5770. The molecular formula is C91H109N19O29S2. The largest absolute Gasteiger partial charge is 0.495 e. The summed E-state index contributed by atoms with van der Waals surface area (Å²) in [7, 11) is 12.9. The summed E-state index contributed by atoms with van der Waals surface area (Å²) in [6.07, 6.45) is 1.25. The molecule has 11 N–H and O–H groups in total. The highest BCUT2D eigenvalue weighted by molar-refractivity contribution is 7.80. The third-order valence-corrected chi connectivity index (χ3v) is 20.3. The Morgan fingerprint density at radius 2 is 0.766 bits per heavy atom.